The Morgan fingerprint density at radius 3 is 2.44 bits per heavy atom. The lowest BCUT2D eigenvalue weighted by atomic mass is 9.82. The van der Waals surface area contributed by atoms with Gasteiger partial charge in [-0.05, 0) is 31.7 Å². The molecule has 7 heteroatoms. The predicted octanol–water partition coefficient (Wildman–Crippen LogP) is 5.05. The predicted molar refractivity (Wildman–Crippen MR) is 108 cm³/mol. The molecule has 0 aliphatic heterocycles. The maximum absolute atomic E-state index is 12.4. The quantitative estimate of drug-likeness (QED) is 0.723. The molecule has 0 spiro atoms. The first-order chi connectivity index (χ1) is 12.6. The van der Waals surface area contributed by atoms with Crippen molar-refractivity contribution in [2.45, 2.75) is 53.2 Å². The molecule has 6 nitrogen and oxygen atoms in total. The van der Waals surface area contributed by atoms with Crippen LogP contribution in [0.25, 0.3) is 0 Å². The number of nitrogens with one attached hydrogen (secondary N) is 2. The van der Waals surface area contributed by atoms with Crippen LogP contribution in [0.3, 0.4) is 0 Å². The summed E-state index contributed by atoms with van der Waals surface area (Å²) in [7, 11) is 0. The Hall–Kier alpha value is -2.34. The normalized spacial score (nSPS) is 11.8. The smallest absolute Gasteiger partial charge is 0.320 e. The number of aromatic nitrogens is 2. The summed E-state index contributed by atoms with van der Waals surface area (Å²) in [6.07, 6.45) is 3.83. The molecule has 1 heterocycles. The third-order valence-corrected chi connectivity index (χ3v) is 4.01. The molecule has 2 amide bonds. The van der Waals surface area contributed by atoms with Gasteiger partial charge in [0.05, 0.1) is 0 Å². The van der Waals surface area contributed by atoms with Crippen molar-refractivity contribution in [2.75, 3.05) is 5.32 Å². The molecule has 0 aliphatic rings. The lowest BCUT2D eigenvalue weighted by Gasteiger charge is -2.33. The molecule has 0 bridgehead atoms. The van der Waals surface area contributed by atoms with Crippen LogP contribution in [-0.2, 0) is 6.61 Å². The second-order valence-electron chi connectivity index (χ2n) is 8.29. The zero-order chi connectivity index (χ0) is 20.1. The zero-order valence-electron chi connectivity index (χ0n) is 16.5. The van der Waals surface area contributed by atoms with E-state index in [2.05, 4.69) is 41.4 Å². The molecule has 1 aromatic carbocycles. The molecule has 146 valence electrons. The van der Waals surface area contributed by atoms with Crippen molar-refractivity contribution in [1.82, 2.24) is 15.3 Å². The molecule has 27 heavy (non-hydrogen) atoms. The number of ether oxygens (including phenoxy) is 1. The van der Waals surface area contributed by atoms with Crippen molar-refractivity contribution in [1.29, 1.82) is 0 Å². The summed E-state index contributed by atoms with van der Waals surface area (Å²) in [6, 6.07) is 7.04. The number of amides is 2. The number of urea groups is 1. The number of anilines is 1. The fraction of sp³-hybridized carbons (Fsp3) is 0.450. The number of benzene rings is 1. The molecule has 0 radical (unpaired) electrons. The van der Waals surface area contributed by atoms with Gasteiger partial charge in [0.2, 0.25) is 0 Å². The molecule has 0 unspecified atom stereocenters. The summed E-state index contributed by atoms with van der Waals surface area (Å²) in [4.78, 5) is 20.8. The lowest BCUT2D eigenvalue weighted by molar-refractivity contribution is 0.219. The van der Waals surface area contributed by atoms with E-state index in [9.17, 15) is 4.79 Å². The van der Waals surface area contributed by atoms with Gasteiger partial charge in [-0.3, -0.25) is 5.32 Å². The molecule has 2 N–H and O–H groups in total. The van der Waals surface area contributed by atoms with Crippen LogP contribution >= 0.6 is 11.6 Å². The van der Waals surface area contributed by atoms with E-state index in [1.165, 1.54) is 12.4 Å². The maximum atomic E-state index is 12.4. The topological polar surface area (TPSA) is 76.1 Å². The SMILES string of the molecule is CC(C)(C)CC(C)(C)NC(=O)Nc1nccnc1OCc1ccccc1Cl. The largest absolute Gasteiger partial charge is 0.470 e. The average Bonchev–Trinajstić information content (AvgIpc) is 2.52. The average molecular weight is 391 g/mol. The molecule has 2 rings (SSSR count). The van der Waals surface area contributed by atoms with Crippen molar-refractivity contribution >= 4 is 23.4 Å². The van der Waals surface area contributed by atoms with Crippen LogP contribution in [0.2, 0.25) is 5.02 Å². The molecule has 0 saturated heterocycles. The zero-order valence-corrected chi connectivity index (χ0v) is 17.2. The van der Waals surface area contributed by atoms with Crippen LogP contribution in [0, 0.1) is 5.41 Å². The summed E-state index contributed by atoms with van der Waals surface area (Å²) in [5.41, 5.74) is 0.543. The number of carbonyl (C=O) groups excluding carboxylic acids is 1. The van der Waals surface area contributed by atoms with E-state index in [-0.39, 0.29) is 35.3 Å². The third-order valence-electron chi connectivity index (χ3n) is 3.64. The van der Waals surface area contributed by atoms with E-state index >= 15 is 0 Å². The van der Waals surface area contributed by atoms with Gasteiger partial charge in [0.25, 0.3) is 5.88 Å². The maximum Gasteiger partial charge on any atom is 0.320 e. The van der Waals surface area contributed by atoms with Crippen LogP contribution in [-0.4, -0.2) is 21.5 Å². The van der Waals surface area contributed by atoms with Crippen LogP contribution in [0.5, 0.6) is 5.88 Å². The van der Waals surface area contributed by atoms with Gasteiger partial charge in [-0.2, -0.15) is 0 Å². The number of nitrogens with zero attached hydrogens (tertiary/aromatic N) is 2. The van der Waals surface area contributed by atoms with E-state index in [1.54, 1.807) is 6.07 Å². The number of halogens is 1. The molecule has 0 saturated carbocycles. The number of rotatable bonds is 6. The van der Waals surface area contributed by atoms with Crippen LogP contribution in [0.15, 0.2) is 36.7 Å². The third kappa shape index (κ3) is 7.06. The van der Waals surface area contributed by atoms with Gasteiger partial charge in [-0.25, -0.2) is 14.8 Å². The Morgan fingerprint density at radius 2 is 1.78 bits per heavy atom. The molecular formula is C20H27ClN4O2. The highest BCUT2D eigenvalue weighted by molar-refractivity contribution is 6.31. The molecule has 1 aromatic heterocycles. The highest BCUT2D eigenvalue weighted by Crippen LogP contribution is 2.27. The van der Waals surface area contributed by atoms with Gasteiger partial charge < -0.3 is 10.1 Å². The number of hydrogen-bond acceptors (Lipinski definition) is 4. The van der Waals surface area contributed by atoms with Crippen molar-refractivity contribution in [2.24, 2.45) is 5.41 Å². The number of hydrogen-bond donors (Lipinski definition) is 2. The standard InChI is InChI=1S/C20H27ClN4O2/c1-19(2,3)13-20(4,5)25-18(26)24-16-17(23-11-10-22-16)27-12-14-8-6-7-9-15(14)21/h6-11H,12-13H2,1-5H3,(H2,22,24,25,26). The Balaban J connectivity index is 2.03. The first-order valence-electron chi connectivity index (χ1n) is 8.82. The van der Waals surface area contributed by atoms with E-state index in [1.807, 2.05) is 32.0 Å². The second-order valence-corrected chi connectivity index (χ2v) is 8.70. The molecule has 0 aliphatic carbocycles. The number of carbonyl (C=O) groups is 1. The van der Waals surface area contributed by atoms with Crippen molar-refractivity contribution in [3.8, 4) is 5.88 Å². The van der Waals surface area contributed by atoms with E-state index in [0.29, 0.717) is 5.02 Å². The van der Waals surface area contributed by atoms with Crippen molar-refractivity contribution < 1.29 is 9.53 Å². The van der Waals surface area contributed by atoms with Crippen LogP contribution in [0.1, 0.15) is 46.6 Å². The first kappa shape index (κ1) is 21.0. The lowest BCUT2D eigenvalue weighted by Crippen LogP contribution is -2.47. The minimum atomic E-state index is -0.372. The van der Waals surface area contributed by atoms with Gasteiger partial charge in [-0.15, -0.1) is 0 Å². The van der Waals surface area contributed by atoms with Gasteiger partial charge >= 0.3 is 6.03 Å². The van der Waals surface area contributed by atoms with Crippen LogP contribution in [0.4, 0.5) is 10.6 Å². The Labute approximate surface area is 165 Å². The van der Waals surface area contributed by atoms with E-state index < -0.39 is 0 Å². The van der Waals surface area contributed by atoms with Crippen molar-refractivity contribution in [3.63, 3.8) is 0 Å². The van der Waals surface area contributed by atoms with Gasteiger partial charge in [-0.1, -0.05) is 50.6 Å². The van der Waals surface area contributed by atoms with Gasteiger partial charge in [0.1, 0.15) is 6.61 Å². The monoisotopic (exact) mass is 390 g/mol. The second kappa shape index (κ2) is 8.57. The first-order valence-corrected chi connectivity index (χ1v) is 9.20. The highest BCUT2D eigenvalue weighted by Gasteiger charge is 2.27. The summed E-state index contributed by atoms with van der Waals surface area (Å²) in [6.45, 7) is 10.6. The molecular weight excluding hydrogens is 364 g/mol. The van der Waals surface area contributed by atoms with E-state index in [0.717, 1.165) is 12.0 Å². The van der Waals surface area contributed by atoms with E-state index in [4.69, 9.17) is 16.3 Å². The minimum Gasteiger partial charge on any atom is -0.470 e. The molecule has 2 aromatic rings. The van der Waals surface area contributed by atoms with Crippen molar-refractivity contribution in [3.05, 3.63) is 47.2 Å². The molecule has 0 atom stereocenters. The molecule has 0 fully saturated rings. The highest BCUT2D eigenvalue weighted by atomic mass is 35.5. The van der Waals surface area contributed by atoms with Crippen LogP contribution < -0.4 is 15.4 Å². The minimum absolute atomic E-state index is 0.0898. The van der Waals surface area contributed by atoms with Gasteiger partial charge in [0.15, 0.2) is 5.82 Å². The summed E-state index contributed by atoms with van der Waals surface area (Å²) in [5, 5.41) is 6.31. The summed E-state index contributed by atoms with van der Waals surface area (Å²) in [5.74, 6) is 0.495. The Kier molecular flexibility index (Phi) is 6.65. The Bertz CT molecular complexity index is 788. The summed E-state index contributed by atoms with van der Waals surface area (Å²) >= 11 is 6.14. The Morgan fingerprint density at radius 1 is 1.11 bits per heavy atom. The fourth-order valence-electron chi connectivity index (χ4n) is 3.09. The summed E-state index contributed by atoms with van der Waals surface area (Å²) < 4.78 is 5.72. The fourth-order valence-corrected chi connectivity index (χ4v) is 3.28. The van der Waals surface area contributed by atoms with Gasteiger partial charge in [0, 0.05) is 28.5 Å².